The van der Waals surface area contributed by atoms with Gasteiger partial charge in [0.2, 0.25) is 0 Å². The van der Waals surface area contributed by atoms with E-state index in [4.69, 9.17) is 16.3 Å². The Morgan fingerprint density at radius 1 is 0.969 bits per heavy atom. The number of allylic oxidation sites excluding steroid dienone is 1. The number of nitrogens with one attached hydrogen (secondary N) is 2. The molecule has 6 heteroatoms. The Morgan fingerprint density at radius 3 is 2.41 bits per heavy atom. The van der Waals surface area contributed by atoms with E-state index in [1.807, 2.05) is 54.6 Å². The number of hydrogen-bond donors (Lipinski definition) is 3. The van der Waals surface area contributed by atoms with E-state index in [-0.39, 0.29) is 17.5 Å². The molecule has 0 aromatic heterocycles. The predicted molar refractivity (Wildman–Crippen MR) is 127 cm³/mol. The summed E-state index contributed by atoms with van der Waals surface area (Å²) < 4.78 is 5.20. The molecule has 0 amide bonds. The number of Topliss-reactive ketones (excluding diaryl/α,β-unsaturated/α-hetero) is 1. The lowest BCUT2D eigenvalue weighted by molar-refractivity contribution is -0.116. The number of hydrogen-bond acceptors (Lipinski definition) is 5. The summed E-state index contributed by atoms with van der Waals surface area (Å²) in [5.41, 5.74) is 5.32. The highest BCUT2D eigenvalue weighted by molar-refractivity contribution is 6.30. The average molecular weight is 447 g/mol. The molecule has 1 aliphatic carbocycles. The van der Waals surface area contributed by atoms with E-state index in [1.165, 1.54) is 7.11 Å². The van der Waals surface area contributed by atoms with E-state index >= 15 is 0 Å². The molecule has 0 spiro atoms. The number of halogens is 1. The standard InChI is InChI=1S/C26H23ClN2O3/c1-32-24-11-8-16(13-22(24)30)26-25-21(28-19-4-2-3-5-20(19)29-26)12-17(14-23(25)31)15-6-9-18(27)10-7-15/h2-11,13,17,26,28-30H,12,14H2,1H3. The third-order valence-corrected chi connectivity index (χ3v) is 6.44. The van der Waals surface area contributed by atoms with Crippen LogP contribution in [-0.4, -0.2) is 18.0 Å². The number of carbonyl (C=O) groups is 1. The number of fused-ring (bicyclic) bond motifs is 1. The van der Waals surface area contributed by atoms with Gasteiger partial charge in [0.05, 0.1) is 24.5 Å². The maximum atomic E-state index is 13.5. The van der Waals surface area contributed by atoms with Gasteiger partial charge in [0.25, 0.3) is 0 Å². The number of phenols is 1. The summed E-state index contributed by atoms with van der Waals surface area (Å²) in [6.45, 7) is 0. The second-order valence-corrected chi connectivity index (χ2v) is 8.59. The van der Waals surface area contributed by atoms with Crippen LogP contribution in [0.15, 0.2) is 78.0 Å². The normalized spacial score (nSPS) is 19.9. The smallest absolute Gasteiger partial charge is 0.163 e. The highest BCUT2D eigenvalue weighted by Gasteiger charge is 2.36. The monoisotopic (exact) mass is 446 g/mol. The highest BCUT2D eigenvalue weighted by atomic mass is 35.5. The molecule has 5 nitrogen and oxygen atoms in total. The van der Waals surface area contributed by atoms with Gasteiger partial charge in [0.15, 0.2) is 17.3 Å². The van der Waals surface area contributed by atoms with Crippen LogP contribution in [0.3, 0.4) is 0 Å². The lowest BCUT2D eigenvalue weighted by Gasteiger charge is -2.30. The van der Waals surface area contributed by atoms with E-state index in [0.29, 0.717) is 29.2 Å². The zero-order chi connectivity index (χ0) is 22.2. The van der Waals surface area contributed by atoms with Crippen molar-refractivity contribution in [3.63, 3.8) is 0 Å². The number of ketones is 1. The maximum Gasteiger partial charge on any atom is 0.163 e. The van der Waals surface area contributed by atoms with Crippen LogP contribution in [-0.2, 0) is 4.79 Å². The first-order valence-electron chi connectivity index (χ1n) is 10.5. The van der Waals surface area contributed by atoms with Gasteiger partial charge in [-0.2, -0.15) is 0 Å². The first-order chi connectivity index (χ1) is 15.5. The molecule has 0 fully saturated rings. The quantitative estimate of drug-likeness (QED) is 0.458. The molecule has 3 aromatic carbocycles. The third-order valence-electron chi connectivity index (χ3n) is 6.19. The van der Waals surface area contributed by atoms with Crippen molar-refractivity contribution < 1.29 is 14.6 Å². The number of anilines is 2. The zero-order valence-electron chi connectivity index (χ0n) is 17.6. The van der Waals surface area contributed by atoms with Crippen LogP contribution in [0.4, 0.5) is 11.4 Å². The Morgan fingerprint density at radius 2 is 1.69 bits per heavy atom. The molecule has 3 N–H and O–H groups in total. The lowest BCUT2D eigenvalue weighted by Crippen LogP contribution is -2.26. The van der Waals surface area contributed by atoms with E-state index in [2.05, 4.69) is 10.6 Å². The fourth-order valence-corrected chi connectivity index (χ4v) is 4.73. The van der Waals surface area contributed by atoms with Gasteiger partial charge in [-0.05, 0) is 59.9 Å². The summed E-state index contributed by atoms with van der Waals surface area (Å²) in [6, 6.07) is 20.5. The Labute approximate surface area is 191 Å². The summed E-state index contributed by atoms with van der Waals surface area (Å²) in [5.74, 6) is 0.593. The molecular weight excluding hydrogens is 424 g/mol. The van der Waals surface area contributed by atoms with Gasteiger partial charge in [-0.3, -0.25) is 4.79 Å². The van der Waals surface area contributed by atoms with Crippen LogP contribution >= 0.6 is 11.6 Å². The second-order valence-electron chi connectivity index (χ2n) is 8.15. The molecule has 2 aliphatic rings. The Hall–Kier alpha value is -3.44. The average Bonchev–Trinajstić information content (AvgIpc) is 2.96. The molecule has 1 aliphatic heterocycles. The van der Waals surface area contributed by atoms with Gasteiger partial charge in [-0.1, -0.05) is 41.9 Å². The Bertz CT molecular complexity index is 1220. The van der Waals surface area contributed by atoms with Crippen LogP contribution < -0.4 is 15.4 Å². The summed E-state index contributed by atoms with van der Waals surface area (Å²) in [4.78, 5) is 13.5. The number of phenolic OH excluding ortho intramolecular Hbond substituents is 1. The Balaban J connectivity index is 1.60. The van der Waals surface area contributed by atoms with Crippen molar-refractivity contribution >= 4 is 28.8 Å². The van der Waals surface area contributed by atoms with Crippen molar-refractivity contribution in [3.8, 4) is 11.5 Å². The van der Waals surface area contributed by atoms with E-state index < -0.39 is 6.04 Å². The third kappa shape index (κ3) is 3.69. The van der Waals surface area contributed by atoms with Gasteiger partial charge in [0, 0.05) is 22.7 Å². The summed E-state index contributed by atoms with van der Waals surface area (Å²) in [6.07, 6.45) is 1.12. The van der Waals surface area contributed by atoms with Crippen LogP contribution in [0.25, 0.3) is 0 Å². The van der Waals surface area contributed by atoms with Crippen LogP contribution in [0.2, 0.25) is 5.02 Å². The SMILES string of the molecule is COc1ccc(C2Nc3ccccc3NC3=C2C(=O)CC(c2ccc(Cl)cc2)C3)cc1O. The fourth-order valence-electron chi connectivity index (χ4n) is 4.60. The van der Waals surface area contributed by atoms with Crippen molar-refractivity contribution in [2.24, 2.45) is 0 Å². The van der Waals surface area contributed by atoms with E-state index in [0.717, 1.165) is 28.2 Å². The molecule has 32 heavy (non-hydrogen) atoms. The molecule has 2 unspecified atom stereocenters. The molecular formula is C26H23ClN2O3. The maximum absolute atomic E-state index is 13.5. The number of para-hydroxylation sites is 2. The van der Waals surface area contributed by atoms with Gasteiger partial charge in [-0.25, -0.2) is 0 Å². The number of rotatable bonds is 3. The lowest BCUT2D eigenvalue weighted by atomic mass is 9.78. The molecule has 2 atom stereocenters. The van der Waals surface area contributed by atoms with Gasteiger partial charge in [-0.15, -0.1) is 0 Å². The molecule has 1 heterocycles. The van der Waals surface area contributed by atoms with Gasteiger partial charge >= 0.3 is 0 Å². The van der Waals surface area contributed by atoms with Crippen molar-refractivity contribution in [1.82, 2.24) is 0 Å². The van der Waals surface area contributed by atoms with E-state index in [1.54, 1.807) is 12.1 Å². The van der Waals surface area contributed by atoms with Crippen LogP contribution in [0.5, 0.6) is 11.5 Å². The first-order valence-corrected chi connectivity index (χ1v) is 10.9. The number of methoxy groups -OCH3 is 1. The van der Waals surface area contributed by atoms with E-state index in [9.17, 15) is 9.90 Å². The molecule has 0 bridgehead atoms. The van der Waals surface area contributed by atoms with Gasteiger partial charge < -0.3 is 20.5 Å². The Kier molecular flexibility index (Phi) is 5.27. The van der Waals surface area contributed by atoms with Crippen molar-refractivity contribution in [2.75, 3.05) is 17.7 Å². The largest absolute Gasteiger partial charge is 0.504 e. The predicted octanol–water partition coefficient (Wildman–Crippen LogP) is 6.03. The zero-order valence-corrected chi connectivity index (χ0v) is 18.3. The van der Waals surface area contributed by atoms with Gasteiger partial charge in [0.1, 0.15) is 0 Å². The molecule has 3 aromatic rings. The molecule has 5 rings (SSSR count). The summed E-state index contributed by atoms with van der Waals surface area (Å²) in [7, 11) is 1.51. The topological polar surface area (TPSA) is 70.6 Å². The highest BCUT2D eigenvalue weighted by Crippen LogP contribution is 2.45. The minimum Gasteiger partial charge on any atom is -0.504 e. The number of ether oxygens (including phenoxy) is 1. The second kappa shape index (κ2) is 8.24. The summed E-state index contributed by atoms with van der Waals surface area (Å²) in [5, 5.41) is 18.1. The first kappa shape index (κ1) is 20.5. The summed E-state index contributed by atoms with van der Waals surface area (Å²) >= 11 is 6.06. The van der Waals surface area contributed by atoms with Crippen molar-refractivity contribution in [1.29, 1.82) is 0 Å². The number of aromatic hydroxyl groups is 1. The fraction of sp³-hybridized carbons (Fsp3) is 0.192. The number of carbonyl (C=O) groups excluding carboxylic acids is 1. The van der Waals surface area contributed by atoms with Crippen molar-refractivity contribution in [3.05, 3.63) is 94.1 Å². The van der Waals surface area contributed by atoms with Crippen LogP contribution in [0.1, 0.15) is 35.9 Å². The molecule has 0 radical (unpaired) electrons. The number of benzene rings is 3. The molecule has 162 valence electrons. The minimum atomic E-state index is -0.392. The molecule has 0 saturated carbocycles. The molecule has 0 saturated heterocycles. The van der Waals surface area contributed by atoms with Crippen molar-refractivity contribution in [2.45, 2.75) is 24.8 Å². The van der Waals surface area contributed by atoms with Crippen LogP contribution in [0, 0.1) is 0 Å². The minimum absolute atomic E-state index is 0.0433.